The van der Waals surface area contributed by atoms with E-state index in [0.29, 0.717) is 61.2 Å². The van der Waals surface area contributed by atoms with Crippen LogP contribution in [0.15, 0.2) is 84.3 Å². The van der Waals surface area contributed by atoms with Crippen LogP contribution in [0, 0.1) is 11.3 Å². The molecule has 2 aromatic carbocycles. The number of fused-ring (bicyclic) bond motifs is 1. The fourth-order valence-corrected chi connectivity index (χ4v) is 7.59. The average Bonchev–Trinajstić information content (AvgIpc) is 3.37. The van der Waals surface area contributed by atoms with Crippen LogP contribution < -0.4 is 23.4 Å². The third-order valence-corrected chi connectivity index (χ3v) is 9.95. The number of hydrogen-bond acceptors (Lipinski definition) is 11. The third kappa shape index (κ3) is 4.96. The molecule has 46 heavy (non-hydrogen) atoms. The van der Waals surface area contributed by atoms with Crippen molar-refractivity contribution in [2.24, 2.45) is 0 Å². The van der Waals surface area contributed by atoms with E-state index in [9.17, 15) is 13.7 Å². The molecule has 0 saturated carbocycles. The van der Waals surface area contributed by atoms with Gasteiger partial charge in [0.05, 0.1) is 44.3 Å². The first-order chi connectivity index (χ1) is 22.3. The predicted molar refractivity (Wildman–Crippen MR) is 170 cm³/mol. The maximum Gasteiger partial charge on any atom is 0.288 e. The van der Waals surface area contributed by atoms with Crippen molar-refractivity contribution in [2.75, 3.05) is 56.2 Å². The summed E-state index contributed by atoms with van der Waals surface area (Å²) in [5.74, 6) is 0.479. The summed E-state index contributed by atoms with van der Waals surface area (Å²) in [6, 6.07) is 18.5. The Balaban J connectivity index is 1.59. The molecule has 236 valence electrons. The lowest BCUT2D eigenvalue weighted by atomic mass is 9.80. The second kappa shape index (κ2) is 12.3. The topological polar surface area (TPSA) is 138 Å². The number of pyridine rings is 2. The van der Waals surface area contributed by atoms with Gasteiger partial charge in [0.2, 0.25) is 0 Å². The van der Waals surface area contributed by atoms with E-state index in [-0.39, 0.29) is 16.3 Å². The van der Waals surface area contributed by atoms with Gasteiger partial charge in [-0.3, -0.25) is 14.7 Å². The van der Waals surface area contributed by atoms with Gasteiger partial charge < -0.3 is 19.1 Å². The molecule has 1 unspecified atom stereocenters. The van der Waals surface area contributed by atoms with Gasteiger partial charge in [-0.05, 0) is 67.6 Å². The largest absolute Gasteiger partial charge is 0.497 e. The predicted octanol–water partition coefficient (Wildman–Crippen LogP) is 3.57. The maximum absolute atomic E-state index is 15.3. The SMILES string of the molecule is CCOc1ccc(OC)cc1C1(N2CCN(c3ccncc3)CC2)C(=O)N(S(=O)(=O)c2ccc(OC)cn2)c2ccc(C#N)cc21. The van der Waals surface area contributed by atoms with Crippen molar-refractivity contribution in [3.63, 3.8) is 0 Å². The van der Waals surface area contributed by atoms with Crippen LogP contribution in [0.3, 0.4) is 0 Å². The summed E-state index contributed by atoms with van der Waals surface area (Å²) in [4.78, 5) is 27.7. The fourth-order valence-electron chi connectivity index (χ4n) is 6.21. The first kappa shape index (κ1) is 30.8. The van der Waals surface area contributed by atoms with Gasteiger partial charge in [0.15, 0.2) is 10.6 Å². The summed E-state index contributed by atoms with van der Waals surface area (Å²) < 4.78 is 46.4. The van der Waals surface area contributed by atoms with E-state index < -0.39 is 21.5 Å². The number of piperazine rings is 1. The van der Waals surface area contributed by atoms with E-state index >= 15 is 4.79 Å². The van der Waals surface area contributed by atoms with Gasteiger partial charge in [-0.2, -0.15) is 18.0 Å². The number of nitriles is 1. The fraction of sp³-hybridized carbons (Fsp3) is 0.273. The molecular weight excluding hydrogens is 608 g/mol. The molecule has 4 aromatic rings. The number of amides is 1. The minimum Gasteiger partial charge on any atom is -0.497 e. The first-order valence-electron chi connectivity index (χ1n) is 14.6. The lowest BCUT2D eigenvalue weighted by Gasteiger charge is -2.46. The van der Waals surface area contributed by atoms with E-state index in [1.54, 1.807) is 36.7 Å². The van der Waals surface area contributed by atoms with Gasteiger partial charge >= 0.3 is 0 Å². The van der Waals surface area contributed by atoms with Crippen molar-refractivity contribution in [3.05, 3.63) is 95.9 Å². The van der Waals surface area contributed by atoms with E-state index in [1.165, 1.54) is 44.7 Å². The highest BCUT2D eigenvalue weighted by molar-refractivity contribution is 7.93. The van der Waals surface area contributed by atoms with Crippen LogP contribution in [-0.2, 0) is 20.4 Å². The number of anilines is 2. The van der Waals surface area contributed by atoms with Gasteiger partial charge in [-0.1, -0.05) is 0 Å². The summed E-state index contributed by atoms with van der Waals surface area (Å²) in [7, 11) is -1.57. The standard InChI is InChI=1S/C33H32N6O6S/c1-4-45-30-9-6-25(43-2)20-28(30)33(38-17-15-37(16-18-38)24-11-13-35-14-12-24)27-19-23(21-34)5-8-29(27)39(32(33)40)46(41,42)31-10-7-26(44-3)22-36-31/h5-14,19-20,22H,4,15-18H2,1-3H3. The minimum atomic E-state index is -4.54. The Hall–Kier alpha value is -5.19. The highest BCUT2D eigenvalue weighted by atomic mass is 32.2. The van der Waals surface area contributed by atoms with Gasteiger partial charge in [-0.25, -0.2) is 4.98 Å². The Bertz CT molecular complexity index is 1910. The van der Waals surface area contributed by atoms with Crippen molar-refractivity contribution >= 4 is 27.3 Å². The van der Waals surface area contributed by atoms with Gasteiger partial charge in [-0.15, -0.1) is 0 Å². The molecule has 1 amide bonds. The lowest BCUT2D eigenvalue weighted by molar-refractivity contribution is -0.127. The van der Waals surface area contributed by atoms with E-state index in [2.05, 4.69) is 20.9 Å². The van der Waals surface area contributed by atoms with Crippen molar-refractivity contribution < 1.29 is 27.4 Å². The zero-order chi connectivity index (χ0) is 32.5. The van der Waals surface area contributed by atoms with E-state index in [0.717, 1.165) is 9.99 Å². The Morgan fingerprint density at radius 1 is 0.913 bits per heavy atom. The number of nitrogens with zero attached hydrogens (tertiary/aromatic N) is 6. The van der Waals surface area contributed by atoms with Gasteiger partial charge in [0.25, 0.3) is 15.9 Å². The molecule has 6 rings (SSSR count). The molecule has 0 spiro atoms. The number of hydrogen-bond donors (Lipinski definition) is 0. The molecule has 12 nitrogen and oxygen atoms in total. The van der Waals surface area contributed by atoms with E-state index in [1.807, 2.05) is 24.0 Å². The van der Waals surface area contributed by atoms with Crippen LogP contribution >= 0.6 is 0 Å². The normalized spacial score (nSPS) is 18.2. The minimum absolute atomic E-state index is 0.128. The average molecular weight is 641 g/mol. The van der Waals surface area contributed by atoms with Crippen molar-refractivity contribution in [2.45, 2.75) is 17.5 Å². The molecular formula is C33H32N6O6S. The van der Waals surface area contributed by atoms with Crippen LogP contribution in [0.2, 0.25) is 0 Å². The molecule has 1 atom stereocenters. The number of ether oxygens (including phenoxy) is 3. The smallest absolute Gasteiger partial charge is 0.288 e. The first-order valence-corrected chi connectivity index (χ1v) is 16.1. The van der Waals surface area contributed by atoms with E-state index in [4.69, 9.17) is 14.2 Å². The lowest BCUT2D eigenvalue weighted by Crippen LogP contribution is -2.60. The van der Waals surface area contributed by atoms with Gasteiger partial charge in [0.1, 0.15) is 17.2 Å². The van der Waals surface area contributed by atoms with Crippen LogP contribution in [0.5, 0.6) is 17.2 Å². The van der Waals surface area contributed by atoms with Crippen LogP contribution in [0.4, 0.5) is 11.4 Å². The second-order valence-corrected chi connectivity index (χ2v) is 12.4. The molecule has 0 bridgehead atoms. The number of rotatable bonds is 9. The number of carbonyl (C=O) groups is 1. The summed E-state index contributed by atoms with van der Waals surface area (Å²) in [6.45, 7) is 3.95. The number of sulfonamides is 1. The third-order valence-electron chi connectivity index (χ3n) is 8.34. The Kier molecular flexibility index (Phi) is 8.24. The molecule has 0 N–H and O–H groups in total. The molecule has 0 aliphatic carbocycles. The molecule has 2 aromatic heterocycles. The molecule has 1 saturated heterocycles. The maximum atomic E-state index is 15.3. The van der Waals surface area contributed by atoms with Crippen LogP contribution in [0.25, 0.3) is 0 Å². The summed E-state index contributed by atoms with van der Waals surface area (Å²) >= 11 is 0. The van der Waals surface area contributed by atoms with Crippen LogP contribution in [0.1, 0.15) is 23.6 Å². The zero-order valence-electron chi connectivity index (χ0n) is 25.6. The number of methoxy groups -OCH3 is 2. The molecule has 2 aliphatic rings. The quantitative estimate of drug-likeness (QED) is 0.265. The van der Waals surface area contributed by atoms with Gasteiger partial charge in [0, 0.05) is 55.4 Å². The molecule has 1 fully saturated rings. The highest BCUT2D eigenvalue weighted by Crippen LogP contribution is 2.53. The Morgan fingerprint density at radius 3 is 2.26 bits per heavy atom. The number of aromatic nitrogens is 2. The Labute approximate surface area is 267 Å². The highest BCUT2D eigenvalue weighted by Gasteiger charge is 2.61. The molecule has 0 radical (unpaired) electrons. The summed E-state index contributed by atoms with van der Waals surface area (Å²) in [5, 5.41) is 9.63. The monoisotopic (exact) mass is 640 g/mol. The number of carbonyl (C=O) groups excluding carboxylic acids is 1. The number of benzene rings is 2. The zero-order valence-corrected chi connectivity index (χ0v) is 26.4. The van der Waals surface area contributed by atoms with Crippen molar-refractivity contribution in [1.29, 1.82) is 5.26 Å². The molecule has 13 heteroatoms. The summed E-state index contributed by atoms with van der Waals surface area (Å²) in [5.41, 5.74) is 0.440. The second-order valence-electron chi connectivity index (χ2n) is 10.6. The Morgan fingerprint density at radius 2 is 1.63 bits per heavy atom. The van der Waals surface area contributed by atoms with Crippen molar-refractivity contribution in [1.82, 2.24) is 14.9 Å². The molecule has 4 heterocycles. The van der Waals surface area contributed by atoms with Crippen LogP contribution in [-0.4, -0.2) is 76.2 Å². The molecule has 2 aliphatic heterocycles. The van der Waals surface area contributed by atoms with Crippen molar-refractivity contribution in [3.8, 4) is 23.3 Å². The summed E-state index contributed by atoms with van der Waals surface area (Å²) in [6.07, 6.45) is 4.74.